The highest BCUT2D eigenvalue weighted by atomic mass is 35.5. The number of primary amides is 1. The Hall–Kier alpha value is -3.60. The minimum Gasteiger partial charge on any atom is -0.419 e. The number of anilines is 2. The van der Waals surface area contributed by atoms with Gasteiger partial charge in [-0.2, -0.15) is 0 Å². The number of oxazole rings is 1. The molecular formula is C21H14Cl2N4O5S. The smallest absolute Gasteiger partial charge is 0.273 e. The number of hydrogen-bond acceptors (Lipinski definition) is 7. The lowest BCUT2D eigenvalue weighted by atomic mass is 10.2. The van der Waals surface area contributed by atoms with Crippen LogP contribution in [0.15, 0.2) is 70.1 Å². The Morgan fingerprint density at radius 2 is 1.61 bits per heavy atom. The molecule has 1 aliphatic heterocycles. The first-order valence-corrected chi connectivity index (χ1v) is 11.6. The molecule has 0 aliphatic carbocycles. The van der Waals surface area contributed by atoms with Crippen LogP contribution in [0.4, 0.5) is 11.6 Å². The molecule has 0 radical (unpaired) electrons. The molecule has 0 unspecified atom stereocenters. The zero-order valence-electron chi connectivity index (χ0n) is 16.5. The molecule has 2 aromatic carbocycles. The molecule has 4 rings (SSSR count). The van der Waals surface area contributed by atoms with Crippen molar-refractivity contribution >= 4 is 56.4 Å². The maximum Gasteiger partial charge on any atom is 0.273 e. The van der Waals surface area contributed by atoms with Crippen molar-refractivity contribution in [3.05, 3.63) is 87.0 Å². The summed E-state index contributed by atoms with van der Waals surface area (Å²) < 4.78 is 28.5. The van der Waals surface area contributed by atoms with E-state index in [4.69, 9.17) is 33.4 Å². The summed E-state index contributed by atoms with van der Waals surface area (Å²) in [7, 11) is -3.44. The minimum atomic E-state index is -3.44. The van der Waals surface area contributed by atoms with Gasteiger partial charge in [0.2, 0.25) is 11.8 Å². The number of aromatic nitrogens is 1. The first kappa shape index (κ1) is 22.6. The topological polar surface area (TPSA) is 136 Å². The summed E-state index contributed by atoms with van der Waals surface area (Å²) in [6, 6.07) is 11.0. The number of hydrogen-bond donors (Lipinski definition) is 2. The van der Waals surface area contributed by atoms with Gasteiger partial charge in [0, 0.05) is 23.7 Å². The fraction of sp³-hybridized carbons (Fsp3) is 0. The van der Waals surface area contributed by atoms with Crippen LogP contribution in [0.25, 0.3) is 11.5 Å². The third-order valence-corrected chi connectivity index (χ3v) is 6.12. The van der Waals surface area contributed by atoms with Crippen molar-refractivity contribution in [1.82, 2.24) is 9.88 Å². The lowest BCUT2D eigenvalue weighted by molar-refractivity contribution is 0.0869. The zero-order chi connectivity index (χ0) is 23.8. The molecule has 0 fully saturated rings. The van der Waals surface area contributed by atoms with Gasteiger partial charge in [-0.1, -0.05) is 29.3 Å². The Balaban J connectivity index is 1.58. The van der Waals surface area contributed by atoms with Crippen LogP contribution in [-0.2, 0) is 9.84 Å². The Kier molecular flexibility index (Phi) is 5.98. The monoisotopic (exact) mass is 504 g/mol. The highest BCUT2D eigenvalue weighted by Gasteiger charge is 2.22. The maximum absolute atomic E-state index is 12.5. The van der Waals surface area contributed by atoms with Crippen molar-refractivity contribution in [3.63, 3.8) is 0 Å². The largest absolute Gasteiger partial charge is 0.419 e. The number of nitrogens with two attached hydrogens (primary N) is 1. The van der Waals surface area contributed by atoms with Gasteiger partial charge in [-0.05, 0) is 36.4 Å². The second kappa shape index (κ2) is 8.74. The van der Waals surface area contributed by atoms with Gasteiger partial charge in [-0.15, -0.1) is 0 Å². The van der Waals surface area contributed by atoms with E-state index in [1.54, 1.807) is 30.3 Å². The molecule has 33 heavy (non-hydrogen) atoms. The van der Waals surface area contributed by atoms with Crippen molar-refractivity contribution in [1.29, 1.82) is 0 Å². The number of amides is 2. The Morgan fingerprint density at radius 3 is 2.18 bits per heavy atom. The molecule has 3 N–H and O–H groups in total. The van der Waals surface area contributed by atoms with E-state index in [0.717, 1.165) is 15.7 Å². The molecule has 9 nitrogen and oxygen atoms in total. The number of nitrogens with one attached hydrogen (secondary N) is 1. The molecule has 0 bridgehead atoms. The average molecular weight is 505 g/mol. The van der Waals surface area contributed by atoms with Gasteiger partial charge < -0.3 is 15.5 Å². The summed E-state index contributed by atoms with van der Waals surface area (Å²) in [5, 5.41) is 5.31. The van der Waals surface area contributed by atoms with Crippen LogP contribution in [0.5, 0.6) is 0 Å². The van der Waals surface area contributed by atoms with Crippen LogP contribution in [0.1, 0.15) is 20.8 Å². The summed E-state index contributed by atoms with van der Waals surface area (Å²) in [6.07, 6.45) is 2.33. The van der Waals surface area contributed by atoms with E-state index in [0.29, 0.717) is 16.8 Å². The predicted octanol–water partition coefficient (Wildman–Crippen LogP) is 4.30. The van der Waals surface area contributed by atoms with Crippen LogP contribution in [0.2, 0.25) is 10.0 Å². The van der Waals surface area contributed by atoms with E-state index in [2.05, 4.69) is 10.3 Å². The lowest BCUT2D eigenvalue weighted by Crippen LogP contribution is -2.22. The van der Waals surface area contributed by atoms with Gasteiger partial charge in [-0.25, -0.2) is 13.4 Å². The number of nitrogens with zero attached hydrogens (tertiary/aromatic N) is 2. The second-order valence-corrected chi connectivity index (χ2v) is 9.27. The summed E-state index contributed by atoms with van der Waals surface area (Å²) in [5.74, 6) is -1.29. The molecule has 2 heterocycles. The normalized spacial score (nSPS) is 14.3. The zero-order valence-corrected chi connectivity index (χ0v) is 18.9. The van der Waals surface area contributed by atoms with Crippen molar-refractivity contribution < 1.29 is 22.4 Å². The summed E-state index contributed by atoms with van der Waals surface area (Å²) >= 11 is 12.4. The van der Waals surface area contributed by atoms with Gasteiger partial charge in [0.05, 0.1) is 26.4 Å². The number of carbonyl (C=O) groups excluding carboxylic acids is 2. The van der Waals surface area contributed by atoms with Crippen LogP contribution in [0, 0.1) is 0 Å². The molecule has 3 aromatic rings. The Labute approximate surface area is 198 Å². The number of carbonyl (C=O) groups is 2. The molecule has 168 valence electrons. The lowest BCUT2D eigenvalue weighted by Gasteiger charge is -2.16. The van der Waals surface area contributed by atoms with Crippen LogP contribution < -0.4 is 11.1 Å². The highest BCUT2D eigenvalue weighted by molar-refractivity contribution is 7.97. The van der Waals surface area contributed by atoms with Crippen LogP contribution in [-0.4, -0.2) is 30.1 Å². The van der Waals surface area contributed by atoms with E-state index in [-0.39, 0.29) is 27.5 Å². The number of benzene rings is 2. The Morgan fingerprint density at radius 1 is 1.00 bits per heavy atom. The van der Waals surface area contributed by atoms with E-state index < -0.39 is 21.7 Å². The minimum absolute atomic E-state index is 0.00678. The van der Waals surface area contributed by atoms with Gasteiger partial charge >= 0.3 is 0 Å². The first-order valence-electron chi connectivity index (χ1n) is 9.21. The number of rotatable bonds is 5. The summed E-state index contributed by atoms with van der Waals surface area (Å²) in [6.45, 7) is 0. The number of halogens is 2. The Bertz CT molecular complexity index is 1390. The van der Waals surface area contributed by atoms with Gasteiger partial charge in [0.25, 0.3) is 11.8 Å². The molecule has 1 aliphatic rings. The van der Waals surface area contributed by atoms with Gasteiger partial charge in [-0.3, -0.25) is 14.5 Å². The molecule has 0 atom stereocenters. The summed E-state index contributed by atoms with van der Waals surface area (Å²) in [5.41, 5.74) is 6.34. The standard InChI is InChI=1S/C21H14Cl2N4O5S/c22-14-2-1-3-15(23)16(14)19-26-17(18(24)28)20(32-19)25-13-6-4-12(5-7-13)21(29)27-8-10-33(30,31)11-9-27/h1-11,25H,(H2,24,28). The van der Waals surface area contributed by atoms with Crippen LogP contribution >= 0.6 is 23.2 Å². The third kappa shape index (κ3) is 4.77. The predicted molar refractivity (Wildman–Crippen MR) is 124 cm³/mol. The first-order chi connectivity index (χ1) is 15.6. The SMILES string of the molecule is NC(=O)c1nc(-c2c(Cl)cccc2Cl)oc1Nc1ccc(C(=O)N2C=CS(=O)(=O)C=C2)cc1. The van der Waals surface area contributed by atoms with Crippen molar-refractivity contribution in [3.8, 4) is 11.5 Å². The fourth-order valence-electron chi connectivity index (χ4n) is 2.89. The highest BCUT2D eigenvalue weighted by Crippen LogP contribution is 2.36. The molecule has 12 heteroatoms. The van der Waals surface area contributed by atoms with Crippen LogP contribution in [0.3, 0.4) is 0 Å². The third-order valence-electron chi connectivity index (χ3n) is 4.48. The molecule has 1 aromatic heterocycles. The quantitative estimate of drug-likeness (QED) is 0.528. The maximum atomic E-state index is 12.5. The molecule has 0 saturated carbocycles. The molecule has 0 spiro atoms. The van der Waals surface area contributed by atoms with E-state index in [9.17, 15) is 18.0 Å². The van der Waals surface area contributed by atoms with E-state index in [1.165, 1.54) is 24.5 Å². The van der Waals surface area contributed by atoms with E-state index in [1.807, 2.05) is 0 Å². The number of sulfone groups is 1. The van der Waals surface area contributed by atoms with E-state index >= 15 is 0 Å². The molecule has 2 amide bonds. The van der Waals surface area contributed by atoms with Crippen molar-refractivity contribution in [2.75, 3.05) is 5.32 Å². The van der Waals surface area contributed by atoms with Gasteiger partial charge in [0.15, 0.2) is 15.5 Å². The average Bonchev–Trinajstić information content (AvgIpc) is 3.17. The van der Waals surface area contributed by atoms with Crippen molar-refractivity contribution in [2.24, 2.45) is 5.73 Å². The summed E-state index contributed by atoms with van der Waals surface area (Å²) in [4.78, 5) is 29.7. The molecule has 0 saturated heterocycles. The second-order valence-electron chi connectivity index (χ2n) is 6.73. The fourth-order valence-corrected chi connectivity index (χ4v) is 4.14. The van der Waals surface area contributed by atoms with Gasteiger partial charge in [0.1, 0.15) is 0 Å². The van der Waals surface area contributed by atoms with Crippen molar-refractivity contribution in [2.45, 2.75) is 0 Å². The molecular weight excluding hydrogens is 491 g/mol.